The minimum absolute atomic E-state index is 0.0653. The Morgan fingerprint density at radius 3 is 2.87 bits per heavy atom. The van der Waals surface area contributed by atoms with Gasteiger partial charge in [0.2, 0.25) is 0 Å². The van der Waals surface area contributed by atoms with Crippen molar-refractivity contribution >= 4 is 6.08 Å². The van der Waals surface area contributed by atoms with Crippen LogP contribution in [-0.2, 0) is 0 Å². The van der Waals surface area contributed by atoms with E-state index in [-0.39, 0.29) is 5.75 Å². The molecule has 0 bridgehead atoms. The van der Waals surface area contributed by atoms with Crippen LogP contribution >= 0.6 is 0 Å². The summed E-state index contributed by atoms with van der Waals surface area (Å²) in [5.74, 6) is 0.426. The van der Waals surface area contributed by atoms with Crippen molar-refractivity contribution < 1.29 is 9.84 Å². The first kappa shape index (κ1) is 11.1. The Morgan fingerprint density at radius 1 is 1.60 bits per heavy atom. The Labute approximate surface area is 88.2 Å². The van der Waals surface area contributed by atoms with Crippen LogP contribution in [0, 0.1) is 11.3 Å². The molecule has 0 heterocycles. The van der Waals surface area contributed by atoms with E-state index in [0.29, 0.717) is 23.4 Å². The topological polar surface area (TPSA) is 79.3 Å². The third kappa shape index (κ3) is 2.48. The first-order valence-electron chi connectivity index (χ1n) is 4.40. The normalized spacial score (nSPS) is 10.2. The van der Waals surface area contributed by atoms with Crippen LogP contribution in [0.2, 0.25) is 0 Å². The Bertz CT molecular complexity index is 419. The van der Waals surface area contributed by atoms with Crippen LogP contribution in [0.15, 0.2) is 18.2 Å². The van der Waals surface area contributed by atoms with Crippen LogP contribution in [0.3, 0.4) is 0 Å². The maximum absolute atomic E-state index is 9.59. The molecule has 0 unspecified atom stereocenters. The zero-order valence-corrected chi connectivity index (χ0v) is 8.40. The number of phenolic OH excluding ortho intramolecular Hbond substituents is 1. The van der Waals surface area contributed by atoms with E-state index >= 15 is 0 Å². The van der Waals surface area contributed by atoms with Gasteiger partial charge in [0.05, 0.1) is 12.7 Å². The van der Waals surface area contributed by atoms with Crippen LogP contribution in [0.5, 0.6) is 11.5 Å². The zero-order valence-electron chi connectivity index (χ0n) is 8.40. The van der Waals surface area contributed by atoms with Crippen LogP contribution in [-0.4, -0.2) is 18.8 Å². The lowest BCUT2D eigenvalue weighted by Crippen LogP contribution is -1.93. The van der Waals surface area contributed by atoms with Gasteiger partial charge in [-0.15, -0.1) is 0 Å². The van der Waals surface area contributed by atoms with Gasteiger partial charge in [-0.2, -0.15) is 5.26 Å². The average molecular weight is 204 g/mol. The van der Waals surface area contributed by atoms with E-state index in [1.807, 2.05) is 6.07 Å². The molecule has 0 fully saturated rings. The highest BCUT2D eigenvalue weighted by molar-refractivity contribution is 5.63. The second-order valence-electron chi connectivity index (χ2n) is 2.86. The molecular formula is C11H12N2O2. The molecule has 0 aliphatic heterocycles. The number of methoxy groups -OCH3 is 1. The average Bonchev–Trinajstić information content (AvgIpc) is 2.27. The Morgan fingerprint density at radius 2 is 2.33 bits per heavy atom. The van der Waals surface area contributed by atoms with Crippen LogP contribution in [0.25, 0.3) is 6.08 Å². The molecule has 0 aliphatic rings. The number of ether oxygens (including phenoxy) is 1. The highest BCUT2D eigenvalue weighted by atomic mass is 16.5. The molecule has 0 saturated heterocycles. The maximum Gasteiger partial charge on any atom is 0.140 e. The van der Waals surface area contributed by atoms with Gasteiger partial charge in [0.1, 0.15) is 17.6 Å². The minimum atomic E-state index is 0.0653. The maximum atomic E-state index is 9.59. The molecule has 3 N–H and O–H groups in total. The predicted octanol–water partition coefficient (Wildman–Crippen LogP) is 1.24. The van der Waals surface area contributed by atoms with Crippen LogP contribution < -0.4 is 10.5 Å². The van der Waals surface area contributed by atoms with E-state index in [2.05, 4.69) is 0 Å². The molecule has 4 heteroatoms. The Hall–Kier alpha value is -1.99. The molecule has 0 saturated carbocycles. The predicted molar refractivity (Wildman–Crippen MR) is 57.5 cm³/mol. The van der Waals surface area contributed by atoms with Crippen LogP contribution in [0.1, 0.15) is 11.1 Å². The van der Waals surface area contributed by atoms with Gasteiger partial charge in [-0.1, -0.05) is 12.2 Å². The molecular weight excluding hydrogens is 192 g/mol. The summed E-state index contributed by atoms with van der Waals surface area (Å²) in [4.78, 5) is 0. The molecule has 4 nitrogen and oxygen atoms in total. The number of aromatic hydroxyl groups is 1. The molecule has 0 spiro atoms. The van der Waals surface area contributed by atoms with E-state index in [0.717, 1.165) is 0 Å². The summed E-state index contributed by atoms with van der Waals surface area (Å²) in [6, 6.07) is 4.96. The summed E-state index contributed by atoms with van der Waals surface area (Å²) in [7, 11) is 1.45. The molecule has 0 aliphatic carbocycles. The smallest absolute Gasteiger partial charge is 0.140 e. The monoisotopic (exact) mass is 204 g/mol. The second kappa shape index (κ2) is 5.03. The van der Waals surface area contributed by atoms with E-state index in [1.54, 1.807) is 18.2 Å². The fourth-order valence-corrected chi connectivity index (χ4v) is 1.17. The lowest BCUT2D eigenvalue weighted by molar-refractivity contribution is 0.406. The van der Waals surface area contributed by atoms with Crippen molar-refractivity contribution in [3.8, 4) is 17.6 Å². The third-order valence-electron chi connectivity index (χ3n) is 1.90. The molecule has 0 aromatic heterocycles. The third-order valence-corrected chi connectivity index (χ3v) is 1.90. The Balaban J connectivity index is 3.21. The van der Waals surface area contributed by atoms with Crippen molar-refractivity contribution in [3.63, 3.8) is 0 Å². The summed E-state index contributed by atoms with van der Waals surface area (Å²) >= 11 is 0. The van der Waals surface area contributed by atoms with Crippen molar-refractivity contribution in [2.75, 3.05) is 13.7 Å². The van der Waals surface area contributed by atoms with Crippen molar-refractivity contribution in [1.29, 1.82) is 5.26 Å². The van der Waals surface area contributed by atoms with E-state index < -0.39 is 0 Å². The van der Waals surface area contributed by atoms with Gasteiger partial charge in [0.25, 0.3) is 0 Å². The molecule has 1 aromatic rings. The fourth-order valence-electron chi connectivity index (χ4n) is 1.17. The standard InChI is InChI=1S/C11H12N2O2/c1-15-11-6-10(14)8(3-2-4-12)5-9(11)7-13/h2-3,5-6,14H,4,12H2,1H3/b3-2+. The second-order valence-corrected chi connectivity index (χ2v) is 2.86. The number of nitrogens with zero attached hydrogens (tertiary/aromatic N) is 1. The van der Waals surface area contributed by atoms with Gasteiger partial charge in [0, 0.05) is 18.2 Å². The first-order valence-corrected chi connectivity index (χ1v) is 4.40. The highest BCUT2D eigenvalue weighted by Crippen LogP contribution is 2.28. The van der Waals surface area contributed by atoms with Gasteiger partial charge < -0.3 is 15.6 Å². The number of phenols is 1. The molecule has 0 amide bonds. The van der Waals surface area contributed by atoms with Gasteiger partial charge in [-0.05, 0) is 6.07 Å². The largest absolute Gasteiger partial charge is 0.507 e. The number of nitriles is 1. The lowest BCUT2D eigenvalue weighted by Gasteiger charge is -2.05. The van der Waals surface area contributed by atoms with Gasteiger partial charge in [-0.3, -0.25) is 0 Å². The number of hydrogen-bond acceptors (Lipinski definition) is 4. The van der Waals surface area contributed by atoms with Crippen molar-refractivity contribution in [2.24, 2.45) is 5.73 Å². The molecule has 1 rings (SSSR count). The lowest BCUT2D eigenvalue weighted by atomic mass is 10.1. The highest BCUT2D eigenvalue weighted by Gasteiger charge is 2.07. The zero-order chi connectivity index (χ0) is 11.3. The molecule has 1 aromatic carbocycles. The summed E-state index contributed by atoms with van der Waals surface area (Å²) in [6.45, 7) is 0.382. The molecule has 15 heavy (non-hydrogen) atoms. The molecule has 0 atom stereocenters. The number of rotatable bonds is 3. The summed E-state index contributed by atoms with van der Waals surface area (Å²) in [5.41, 5.74) is 6.23. The summed E-state index contributed by atoms with van der Waals surface area (Å²) in [6.07, 6.45) is 3.36. The van der Waals surface area contributed by atoms with Gasteiger partial charge >= 0.3 is 0 Å². The number of benzene rings is 1. The van der Waals surface area contributed by atoms with Crippen LogP contribution in [0.4, 0.5) is 0 Å². The first-order chi connectivity index (χ1) is 7.22. The Kier molecular flexibility index (Phi) is 3.72. The van der Waals surface area contributed by atoms with E-state index in [9.17, 15) is 5.11 Å². The SMILES string of the molecule is COc1cc(O)c(/C=C/CN)cc1C#N. The van der Waals surface area contributed by atoms with E-state index in [4.69, 9.17) is 15.7 Å². The summed E-state index contributed by atoms with van der Waals surface area (Å²) in [5, 5.41) is 18.4. The number of hydrogen-bond donors (Lipinski definition) is 2. The van der Waals surface area contributed by atoms with Crippen molar-refractivity contribution in [2.45, 2.75) is 0 Å². The fraction of sp³-hybridized carbons (Fsp3) is 0.182. The quantitative estimate of drug-likeness (QED) is 0.776. The minimum Gasteiger partial charge on any atom is -0.507 e. The van der Waals surface area contributed by atoms with Crippen molar-refractivity contribution in [1.82, 2.24) is 0 Å². The van der Waals surface area contributed by atoms with Gasteiger partial charge in [-0.25, -0.2) is 0 Å². The van der Waals surface area contributed by atoms with Crippen molar-refractivity contribution in [3.05, 3.63) is 29.3 Å². The van der Waals surface area contributed by atoms with Gasteiger partial charge in [0.15, 0.2) is 0 Å². The molecule has 78 valence electrons. The van der Waals surface area contributed by atoms with E-state index in [1.165, 1.54) is 13.2 Å². The summed E-state index contributed by atoms with van der Waals surface area (Å²) < 4.78 is 4.95. The molecule has 0 radical (unpaired) electrons. The number of nitrogens with two attached hydrogens (primary N) is 1.